The Morgan fingerprint density at radius 1 is 1.21 bits per heavy atom. The Bertz CT molecular complexity index is 698. The molecule has 1 heterocycles. The van der Waals surface area contributed by atoms with Gasteiger partial charge in [-0.25, -0.2) is 0 Å². The average molecular weight is 291 g/mol. The molecule has 102 valence electrons. The van der Waals surface area contributed by atoms with Gasteiger partial charge in [-0.2, -0.15) is 21.6 Å². The molecular weight excluding hydrogens is 283 g/mol. The van der Waals surface area contributed by atoms with E-state index in [1.807, 2.05) is 0 Å². The zero-order valence-corrected chi connectivity index (χ0v) is 10.2. The summed E-state index contributed by atoms with van der Waals surface area (Å²) in [5.41, 5.74) is -4.44. The Balaban J connectivity index is 2.19. The summed E-state index contributed by atoms with van der Waals surface area (Å²) in [6.45, 7) is -0.674. The maximum Gasteiger partial charge on any atom is 0.523 e. The van der Waals surface area contributed by atoms with Crippen LogP contribution in [-0.4, -0.2) is 18.9 Å². The summed E-state index contributed by atoms with van der Waals surface area (Å²) in [5, 5.41) is 0.688. The summed E-state index contributed by atoms with van der Waals surface area (Å²) in [6.07, 6.45) is 1.58. The van der Waals surface area contributed by atoms with Crippen LogP contribution in [0.3, 0.4) is 0 Å². The highest BCUT2D eigenvalue weighted by atomic mass is 32.2. The van der Waals surface area contributed by atoms with Crippen molar-refractivity contribution in [2.45, 2.75) is 12.1 Å². The normalized spacial score (nSPS) is 12.8. The highest BCUT2D eigenvalue weighted by molar-refractivity contribution is 7.87. The average Bonchev–Trinajstić information content (AvgIpc) is 2.35. The van der Waals surface area contributed by atoms with Gasteiger partial charge < -0.3 is 0 Å². The molecule has 0 unspecified atom stereocenters. The zero-order valence-electron chi connectivity index (χ0n) is 9.39. The van der Waals surface area contributed by atoms with E-state index in [9.17, 15) is 21.6 Å². The van der Waals surface area contributed by atoms with Gasteiger partial charge in [-0.3, -0.25) is 9.17 Å². The lowest BCUT2D eigenvalue weighted by atomic mass is 10.1. The molecule has 0 bridgehead atoms. The van der Waals surface area contributed by atoms with E-state index >= 15 is 0 Å². The molecule has 0 aliphatic carbocycles. The number of rotatable bonds is 3. The zero-order chi connectivity index (χ0) is 14.1. The summed E-state index contributed by atoms with van der Waals surface area (Å²) in [6, 6.07) is 7.94. The van der Waals surface area contributed by atoms with Crippen molar-refractivity contribution in [3.63, 3.8) is 0 Å². The summed E-state index contributed by atoms with van der Waals surface area (Å²) in [4.78, 5) is 4.03. The molecule has 0 saturated carbocycles. The van der Waals surface area contributed by atoms with Crippen LogP contribution in [0.15, 0.2) is 36.5 Å². The van der Waals surface area contributed by atoms with E-state index in [2.05, 4.69) is 9.17 Å². The lowest BCUT2D eigenvalue weighted by Crippen LogP contribution is -2.25. The van der Waals surface area contributed by atoms with Gasteiger partial charge in [-0.15, -0.1) is 0 Å². The number of hydrogen-bond acceptors (Lipinski definition) is 4. The summed E-state index contributed by atoms with van der Waals surface area (Å²) < 4.78 is 61.6. The molecule has 0 aliphatic heterocycles. The Hall–Kier alpha value is -1.67. The summed E-state index contributed by atoms with van der Waals surface area (Å²) in [5.74, 6) is 0. The lowest BCUT2D eigenvalue weighted by molar-refractivity contribution is -0.0547. The third-order valence-electron chi connectivity index (χ3n) is 2.33. The van der Waals surface area contributed by atoms with Crippen LogP contribution in [0.4, 0.5) is 13.2 Å². The van der Waals surface area contributed by atoms with Crippen LogP contribution < -0.4 is 0 Å². The fourth-order valence-electron chi connectivity index (χ4n) is 1.43. The fourth-order valence-corrected chi connectivity index (χ4v) is 1.85. The van der Waals surface area contributed by atoms with Crippen molar-refractivity contribution in [3.05, 3.63) is 42.1 Å². The van der Waals surface area contributed by atoms with Crippen molar-refractivity contribution in [2.75, 3.05) is 0 Å². The van der Waals surface area contributed by atoms with Gasteiger partial charge in [0, 0.05) is 11.6 Å². The lowest BCUT2D eigenvalue weighted by Gasteiger charge is -2.08. The van der Waals surface area contributed by atoms with Crippen LogP contribution in [0.1, 0.15) is 5.56 Å². The molecule has 19 heavy (non-hydrogen) atoms. The van der Waals surface area contributed by atoms with Gasteiger partial charge in [0.05, 0.1) is 12.1 Å². The van der Waals surface area contributed by atoms with E-state index in [0.29, 0.717) is 16.5 Å². The van der Waals surface area contributed by atoms with Crippen LogP contribution in [0.25, 0.3) is 10.9 Å². The number of benzene rings is 1. The maximum atomic E-state index is 12.1. The molecule has 0 fully saturated rings. The van der Waals surface area contributed by atoms with Gasteiger partial charge in [0.2, 0.25) is 0 Å². The molecule has 2 aromatic rings. The molecule has 1 aromatic carbocycles. The predicted octanol–water partition coefficient (Wildman–Crippen LogP) is 2.60. The molecule has 0 aliphatic rings. The SMILES string of the molecule is O=S(=O)(OCc1ccc2ncccc2c1)C(F)(F)F. The molecular formula is C11H8F3NO3S. The number of aromatic nitrogens is 1. The Labute approximate surface area is 107 Å². The molecule has 0 amide bonds. The van der Waals surface area contributed by atoms with Crippen molar-refractivity contribution < 1.29 is 25.8 Å². The van der Waals surface area contributed by atoms with Crippen LogP contribution in [-0.2, 0) is 20.9 Å². The first kappa shape index (κ1) is 13.8. The quantitative estimate of drug-likeness (QED) is 0.644. The molecule has 0 saturated heterocycles. The van der Waals surface area contributed by atoms with E-state index in [1.54, 1.807) is 24.4 Å². The molecule has 8 heteroatoms. The van der Waals surface area contributed by atoms with Crippen molar-refractivity contribution in [1.29, 1.82) is 0 Å². The van der Waals surface area contributed by atoms with E-state index < -0.39 is 22.2 Å². The first-order chi connectivity index (χ1) is 8.79. The molecule has 2 rings (SSSR count). The Morgan fingerprint density at radius 3 is 2.63 bits per heavy atom. The van der Waals surface area contributed by atoms with Crippen LogP contribution in [0.2, 0.25) is 0 Å². The summed E-state index contributed by atoms with van der Waals surface area (Å²) >= 11 is 0. The number of pyridine rings is 1. The number of fused-ring (bicyclic) bond motifs is 1. The third-order valence-corrected chi connectivity index (χ3v) is 3.33. The Morgan fingerprint density at radius 2 is 1.95 bits per heavy atom. The number of hydrogen-bond donors (Lipinski definition) is 0. The highest BCUT2D eigenvalue weighted by Gasteiger charge is 2.47. The van der Waals surface area contributed by atoms with Crippen LogP contribution in [0, 0.1) is 0 Å². The van der Waals surface area contributed by atoms with Crippen molar-refractivity contribution >= 4 is 21.0 Å². The molecule has 0 spiro atoms. The summed E-state index contributed by atoms with van der Waals surface area (Å²) in [7, 11) is -5.56. The molecule has 0 atom stereocenters. The minimum absolute atomic E-state index is 0.313. The standard InChI is InChI=1S/C11H8F3NO3S/c12-11(13,14)19(16,17)18-7-8-3-4-10-9(6-8)2-1-5-15-10/h1-6H,7H2. The first-order valence-corrected chi connectivity index (χ1v) is 6.50. The molecule has 4 nitrogen and oxygen atoms in total. The van der Waals surface area contributed by atoms with E-state index in [4.69, 9.17) is 0 Å². The van der Waals surface area contributed by atoms with Crippen molar-refractivity contribution in [1.82, 2.24) is 4.98 Å². The van der Waals surface area contributed by atoms with Crippen LogP contribution >= 0.6 is 0 Å². The molecule has 0 radical (unpaired) electrons. The second kappa shape index (κ2) is 4.78. The minimum Gasteiger partial charge on any atom is -0.258 e. The third kappa shape index (κ3) is 3.02. The minimum atomic E-state index is -5.56. The first-order valence-electron chi connectivity index (χ1n) is 5.09. The number of nitrogens with zero attached hydrogens (tertiary/aromatic N) is 1. The van der Waals surface area contributed by atoms with Crippen molar-refractivity contribution in [2.24, 2.45) is 0 Å². The number of alkyl halides is 3. The fraction of sp³-hybridized carbons (Fsp3) is 0.182. The second-order valence-corrected chi connectivity index (χ2v) is 5.30. The Kier molecular flexibility index (Phi) is 3.46. The maximum absolute atomic E-state index is 12.1. The van der Waals surface area contributed by atoms with E-state index in [-0.39, 0.29) is 0 Å². The topological polar surface area (TPSA) is 56.3 Å². The van der Waals surface area contributed by atoms with Gasteiger partial charge in [-0.05, 0) is 23.8 Å². The van der Waals surface area contributed by atoms with Gasteiger partial charge in [-0.1, -0.05) is 12.1 Å². The monoisotopic (exact) mass is 291 g/mol. The highest BCUT2D eigenvalue weighted by Crippen LogP contribution is 2.25. The second-order valence-electron chi connectivity index (χ2n) is 3.69. The van der Waals surface area contributed by atoms with Gasteiger partial charge in [0.15, 0.2) is 0 Å². The van der Waals surface area contributed by atoms with Gasteiger partial charge >= 0.3 is 15.6 Å². The van der Waals surface area contributed by atoms with Gasteiger partial charge in [0.25, 0.3) is 0 Å². The molecule has 0 N–H and O–H groups in total. The smallest absolute Gasteiger partial charge is 0.258 e. The van der Waals surface area contributed by atoms with E-state index in [0.717, 1.165) is 0 Å². The molecule has 1 aromatic heterocycles. The predicted molar refractivity (Wildman–Crippen MR) is 61.5 cm³/mol. The van der Waals surface area contributed by atoms with Crippen molar-refractivity contribution in [3.8, 4) is 0 Å². The van der Waals surface area contributed by atoms with Crippen LogP contribution in [0.5, 0.6) is 0 Å². The van der Waals surface area contributed by atoms with Gasteiger partial charge in [0.1, 0.15) is 0 Å². The van der Waals surface area contributed by atoms with E-state index in [1.165, 1.54) is 12.1 Å². The largest absolute Gasteiger partial charge is 0.523 e. The number of halogens is 3.